The number of aromatic nitrogens is 2. The molecule has 1 aliphatic heterocycles. The Morgan fingerprint density at radius 3 is 2.76 bits per heavy atom. The maximum atomic E-state index is 12.3. The van der Waals surface area contributed by atoms with Crippen LogP contribution in [-0.4, -0.2) is 53.3 Å². The van der Waals surface area contributed by atoms with E-state index in [9.17, 15) is 4.79 Å². The molecule has 0 saturated carbocycles. The van der Waals surface area contributed by atoms with Crippen LogP contribution in [0.2, 0.25) is 5.02 Å². The Bertz CT molecular complexity index is 745. The molecule has 1 N–H and O–H groups in total. The summed E-state index contributed by atoms with van der Waals surface area (Å²) >= 11 is 6.31. The van der Waals surface area contributed by atoms with E-state index in [0.29, 0.717) is 6.54 Å². The van der Waals surface area contributed by atoms with Gasteiger partial charge >= 0.3 is 0 Å². The summed E-state index contributed by atoms with van der Waals surface area (Å²) in [6.07, 6.45) is 1.00. The van der Waals surface area contributed by atoms with Crippen LogP contribution in [0.3, 0.4) is 0 Å². The minimum absolute atomic E-state index is 0.00538. The molecule has 1 fully saturated rings. The van der Waals surface area contributed by atoms with Gasteiger partial charge in [0.1, 0.15) is 5.82 Å². The number of amides is 1. The van der Waals surface area contributed by atoms with Gasteiger partial charge in [-0.05, 0) is 25.5 Å². The third-order valence-electron chi connectivity index (χ3n) is 4.42. The highest BCUT2D eigenvalue weighted by molar-refractivity contribution is 6.33. The number of nitrogens with zero attached hydrogens (tertiary/aromatic N) is 4. The van der Waals surface area contributed by atoms with Crippen molar-refractivity contribution in [1.82, 2.24) is 14.7 Å². The van der Waals surface area contributed by atoms with Crippen LogP contribution in [0.5, 0.6) is 0 Å². The summed E-state index contributed by atoms with van der Waals surface area (Å²) in [5.41, 5.74) is 1.96. The molecule has 0 unspecified atom stereocenters. The molecule has 0 aliphatic carbocycles. The Morgan fingerprint density at radius 1 is 1.24 bits per heavy atom. The summed E-state index contributed by atoms with van der Waals surface area (Å²) in [6, 6.07) is 9.80. The second-order valence-electron chi connectivity index (χ2n) is 6.41. The van der Waals surface area contributed by atoms with E-state index in [0.717, 1.165) is 54.8 Å². The number of nitrogens with one attached hydrogen (secondary N) is 1. The summed E-state index contributed by atoms with van der Waals surface area (Å²) < 4.78 is 1.69. The molecule has 1 amide bonds. The van der Waals surface area contributed by atoms with E-state index in [1.54, 1.807) is 4.68 Å². The van der Waals surface area contributed by atoms with Crippen LogP contribution in [0.25, 0.3) is 0 Å². The van der Waals surface area contributed by atoms with Gasteiger partial charge in [-0.25, -0.2) is 0 Å². The summed E-state index contributed by atoms with van der Waals surface area (Å²) in [4.78, 5) is 16.8. The second-order valence-corrected chi connectivity index (χ2v) is 6.82. The first kappa shape index (κ1) is 17.8. The molecular weight excluding hydrogens is 338 g/mol. The summed E-state index contributed by atoms with van der Waals surface area (Å²) in [5, 5.41) is 7.96. The van der Waals surface area contributed by atoms with Crippen molar-refractivity contribution < 1.29 is 4.79 Å². The summed E-state index contributed by atoms with van der Waals surface area (Å²) in [5.74, 6) is 0.726. The SMILES string of the molecule is Cc1cc(NC(=O)CN2CCCN(c3ccccc3Cl)CC2)n(C)n1. The Labute approximate surface area is 153 Å². The molecule has 0 bridgehead atoms. The lowest BCUT2D eigenvalue weighted by Gasteiger charge is -2.24. The minimum Gasteiger partial charge on any atom is -0.369 e. The maximum absolute atomic E-state index is 12.3. The zero-order valence-corrected chi connectivity index (χ0v) is 15.5. The van der Waals surface area contributed by atoms with Crippen LogP contribution in [0, 0.1) is 6.92 Å². The van der Waals surface area contributed by atoms with Crippen LogP contribution in [0.15, 0.2) is 30.3 Å². The fourth-order valence-electron chi connectivity index (χ4n) is 3.19. The number of hydrogen-bond donors (Lipinski definition) is 1. The van der Waals surface area contributed by atoms with Gasteiger partial charge in [0.2, 0.25) is 5.91 Å². The highest BCUT2D eigenvalue weighted by atomic mass is 35.5. The van der Waals surface area contributed by atoms with Gasteiger partial charge in [0.25, 0.3) is 0 Å². The Morgan fingerprint density at radius 2 is 2.04 bits per heavy atom. The average Bonchev–Trinajstić information content (AvgIpc) is 2.75. The molecule has 0 radical (unpaired) electrons. The first-order valence-corrected chi connectivity index (χ1v) is 8.93. The molecule has 2 heterocycles. The topological polar surface area (TPSA) is 53.4 Å². The number of para-hydroxylation sites is 1. The molecule has 1 aliphatic rings. The maximum Gasteiger partial charge on any atom is 0.239 e. The van der Waals surface area contributed by atoms with Gasteiger partial charge in [-0.3, -0.25) is 14.4 Å². The van der Waals surface area contributed by atoms with Crippen LogP contribution in [0.4, 0.5) is 11.5 Å². The van der Waals surface area contributed by atoms with Crippen molar-refractivity contribution in [2.75, 3.05) is 42.9 Å². The number of benzene rings is 1. The largest absolute Gasteiger partial charge is 0.369 e. The molecule has 3 rings (SSSR count). The molecule has 1 saturated heterocycles. The zero-order valence-electron chi connectivity index (χ0n) is 14.7. The van der Waals surface area contributed by atoms with E-state index in [-0.39, 0.29) is 5.91 Å². The molecule has 1 aromatic heterocycles. The van der Waals surface area contributed by atoms with Crippen LogP contribution in [0.1, 0.15) is 12.1 Å². The molecule has 0 atom stereocenters. The van der Waals surface area contributed by atoms with E-state index in [2.05, 4.69) is 26.3 Å². The van der Waals surface area contributed by atoms with Crippen molar-refractivity contribution in [2.45, 2.75) is 13.3 Å². The molecule has 1 aromatic carbocycles. The quantitative estimate of drug-likeness (QED) is 0.909. The van der Waals surface area contributed by atoms with Gasteiger partial charge in [0.05, 0.1) is 22.9 Å². The average molecular weight is 362 g/mol. The van der Waals surface area contributed by atoms with Gasteiger partial charge in [0.15, 0.2) is 0 Å². The van der Waals surface area contributed by atoms with E-state index >= 15 is 0 Å². The van der Waals surface area contributed by atoms with Crippen molar-refractivity contribution in [2.24, 2.45) is 7.05 Å². The lowest BCUT2D eigenvalue weighted by atomic mass is 10.2. The minimum atomic E-state index is -0.00538. The Kier molecular flexibility index (Phi) is 5.60. The lowest BCUT2D eigenvalue weighted by molar-refractivity contribution is -0.117. The molecule has 134 valence electrons. The van der Waals surface area contributed by atoms with Gasteiger partial charge in [-0.15, -0.1) is 0 Å². The predicted octanol–water partition coefficient (Wildman–Crippen LogP) is 2.53. The van der Waals surface area contributed by atoms with Crippen molar-refractivity contribution in [1.29, 1.82) is 0 Å². The van der Waals surface area contributed by atoms with Crippen molar-refractivity contribution in [3.8, 4) is 0 Å². The van der Waals surface area contributed by atoms with E-state index in [1.165, 1.54) is 0 Å². The van der Waals surface area contributed by atoms with Gasteiger partial charge in [-0.1, -0.05) is 23.7 Å². The smallest absolute Gasteiger partial charge is 0.239 e. The number of anilines is 2. The Hall–Kier alpha value is -2.05. The molecule has 7 heteroatoms. The zero-order chi connectivity index (χ0) is 17.8. The number of carbonyl (C=O) groups excluding carboxylic acids is 1. The molecule has 2 aromatic rings. The standard InChI is InChI=1S/C18H24ClN5O/c1-14-12-17(22(2)21-14)20-18(25)13-23-8-5-9-24(11-10-23)16-7-4-3-6-15(16)19/h3-4,6-7,12H,5,8-11,13H2,1-2H3,(H,20,25). The predicted molar refractivity (Wildman–Crippen MR) is 101 cm³/mol. The molecule has 25 heavy (non-hydrogen) atoms. The van der Waals surface area contributed by atoms with Gasteiger partial charge in [0, 0.05) is 39.3 Å². The fourth-order valence-corrected chi connectivity index (χ4v) is 3.45. The number of halogens is 1. The summed E-state index contributed by atoms with van der Waals surface area (Å²) in [7, 11) is 1.83. The van der Waals surface area contributed by atoms with Crippen molar-refractivity contribution in [3.05, 3.63) is 41.0 Å². The molecule has 6 nitrogen and oxygen atoms in total. The van der Waals surface area contributed by atoms with Gasteiger partial charge in [-0.2, -0.15) is 5.10 Å². The molecule has 0 spiro atoms. The monoisotopic (exact) mass is 361 g/mol. The van der Waals surface area contributed by atoms with Crippen LogP contribution in [-0.2, 0) is 11.8 Å². The summed E-state index contributed by atoms with van der Waals surface area (Å²) in [6.45, 7) is 5.85. The third-order valence-corrected chi connectivity index (χ3v) is 4.74. The normalized spacial score (nSPS) is 15.9. The van der Waals surface area contributed by atoms with Crippen molar-refractivity contribution >= 4 is 29.0 Å². The second kappa shape index (κ2) is 7.89. The number of hydrogen-bond acceptors (Lipinski definition) is 4. The number of rotatable bonds is 4. The first-order chi connectivity index (χ1) is 12.0. The highest BCUT2D eigenvalue weighted by Crippen LogP contribution is 2.26. The lowest BCUT2D eigenvalue weighted by Crippen LogP contribution is -2.36. The molecular formula is C18H24ClN5O. The van der Waals surface area contributed by atoms with Crippen molar-refractivity contribution in [3.63, 3.8) is 0 Å². The third kappa shape index (κ3) is 4.52. The number of carbonyl (C=O) groups is 1. The number of aryl methyl sites for hydroxylation is 2. The van der Waals surface area contributed by atoms with Crippen LogP contribution >= 0.6 is 11.6 Å². The van der Waals surface area contributed by atoms with Gasteiger partial charge < -0.3 is 10.2 Å². The first-order valence-electron chi connectivity index (χ1n) is 8.55. The van der Waals surface area contributed by atoms with E-state index in [4.69, 9.17) is 11.6 Å². The van der Waals surface area contributed by atoms with E-state index < -0.39 is 0 Å². The van der Waals surface area contributed by atoms with Crippen LogP contribution < -0.4 is 10.2 Å². The highest BCUT2D eigenvalue weighted by Gasteiger charge is 2.19. The fraction of sp³-hybridized carbons (Fsp3) is 0.444. The van der Waals surface area contributed by atoms with E-state index in [1.807, 2.05) is 38.2 Å². The Balaban J connectivity index is 1.55.